The van der Waals surface area contributed by atoms with Crippen LogP contribution in [0.2, 0.25) is 0 Å². The van der Waals surface area contributed by atoms with E-state index >= 15 is 0 Å². The molecule has 9 nitrogen and oxygen atoms in total. The summed E-state index contributed by atoms with van der Waals surface area (Å²) in [7, 11) is 1.60. The molecular weight excluding hydrogens is 445 g/mol. The van der Waals surface area contributed by atoms with Crippen molar-refractivity contribution < 1.29 is 33.3 Å². The molecule has 5 atom stereocenters. The third-order valence-electron chi connectivity index (χ3n) is 5.91. The fourth-order valence-electron chi connectivity index (χ4n) is 4.13. The Bertz CT molecular complexity index is 987. The third kappa shape index (κ3) is 6.02. The maximum atomic E-state index is 13.0. The number of carbonyl (C=O) groups is 2. The van der Waals surface area contributed by atoms with Crippen molar-refractivity contribution in [1.82, 2.24) is 10.6 Å². The summed E-state index contributed by atoms with van der Waals surface area (Å²) in [5.74, 6) is 0.209. The summed E-state index contributed by atoms with van der Waals surface area (Å²) >= 11 is 0. The highest BCUT2D eigenvalue weighted by molar-refractivity contribution is 5.89. The van der Waals surface area contributed by atoms with Crippen LogP contribution in [0.5, 0.6) is 5.75 Å². The van der Waals surface area contributed by atoms with Crippen molar-refractivity contribution in [2.24, 2.45) is 0 Å². The monoisotopic (exact) mass is 473 g/mol. The Morgan fingerprint density at radius 3 is 2.50 bits per heavy atom. The molecule has 182 valence electrons. The maximum absolute atomic E-state index is 13.0. The zero-order valence-corrected chi connectivity index (χ0v) is 18.7. The lowest BCUT2D eigenvalue weighted by molar-refractivity contribution is -0.124. The standard InChI is InChI=1S/C24H28FN3O6/c1-32-17-8-2-14(3-9-17)12-26-21(29)11-18-10-19-23(33-18)22(30)20(34-19)13-27-24(31)28-16-6-4-15(25)5-7-16/h2-9,18-20,22-23,30H,10-13H2,1H3,(H,26,29)(H2,27,28,31)/t18-,19+,20+,22+,23-/m0/s1. The zero-order valence-electron chi connectivity index (χ0n) is 18.7. The predicted octanol–water partition coefficient (Wildman–Crippen LogP) is 1.95. The Morgan fingerprint density at radius 2 is 1.82 bits per heavy atom. The van der Waals surface area contributed by atoms with Gasteiger partial charge < -0.3 is 35.3 Å². The van der Waals surface area contributed by atoms with Crippen LogP contribution in [0.25, 0.3) is 0 Å². The average molecular weight is 474 g/mol. The lowest BCUT2D eigenvalue weighted by atomic mass is 10.1. The van der Waals surface area contributed by atoms with Gasteiger partial charge in [0.15, 0.2) is 0 Å². The number of benzene rings is 2. The molecule has 3 amide bonds. The van der Waals surface area contributed by atoms with Gasteiger partial charge in [-0.1, -0.05) is 12.1 Å². The number of carbonyl (C=O) groups excluding carboxylic acids is 2. The van der Waals surface area contributed by atoms with Crippen LogP contribution >= 0.6 is 0 Å². The molecule has 0 aliphatic carbocycles. The lowest BCUT2D eigenvalue weighted by Crippen LogP contribution is -2.42. The molecule has 0 spiro atoms. The van der Waals surface area contributed by atoms with Crippen LogP contribution in [0.4, 0.5) is 14.9 Å². The van der Waals surface area contributed by atoms with E-state index in [-0.39, 0.29) is 31.1 Å². The van der Waals surface area contributed by atoms with Crippen LogP contribution in [-0.4, -0.2) is 61.2 Å². The van der Waals surface area contributed by atoms with Crippen LogP contribution in [0, 0.1) is 5.82 Å². The highest BCUT2D eigenvalue weighted by atomic mass is 19.1. The topological polar surface area (TPSA) is 118 Å². The minimum absolute atomic E-state index is 0.0809. The van der Waals surface area contributed by atoms with Gasteiger partial charge in [-0.05, 0) is 42.0 Å². The van der Waals surface area contributed by atoms with Gasteiger partial charge in [0, 0.05) is 25.2 Å². The molecule has 2 heterocycles. The van der Waals surface area contributed by atoms with Gasteiger partial charge in [-0.25, -0.2) is 9.18 Å². The number of methoxy groups -OCH3 is 1. The second-order valence-corrected chi connectivity index (χ2v) is 8.33. The molecule has 0 saturated carbocycles. The van der Waals surface area contributed by atoms with E-state index in [1.54, 1.807) is 7.11 Å². The quantitative estimate of drug-likeness (QED) is 0.466. The van der Waals surface area contributed by atoms with Crippen molar-refractivity contribution in [3.8, 4) is 5.75 Å². The predicted molar refractivity (Wildman–Crippen MR) is 121 cm³/mol. The van der Waals surface area contributed by atoms with Gasteiger partial charge in [-0.15, -0.1) is 0 Å². The largest absolute Gasteiger partial charge is 0.497 e. The number of ether oxygens (including phenoxy) is 3. The summed E-state index contributed by atoms with van der Waals surface area (Å²) < 4.78 is 29.8. The molecule has 2 aliphatic rings. The second kappa shape index (κ2) is 10.8. The Hall–Kier alpha value is -3.21. The van der Waals surface area contributed by atoms with Crippen LogP contribution < -0.4 is 20.7 Å². The number of aliphatic hydroxyl groups is 1. The first-order chi connectivity index (χ1) is 16.4. The molecule has 2 aromatic carbocycles. The molecule has 4 N–H and O–H groups in total. The fraction of sp³-hybridized carbons (Fsp3) is 0.417. The molecule has 34 heavy (non-hydrogen) atoms. The van der Waals surface area contributed by atoms with E-state index in [9.17, 15) is 19.1 Å². The molecular formula is C24H28FN3O6. The first kappa shape index (κ1) is 23.9. The smallest absolute Gasteiger partial charge is 0.319 e. The summed E-state index contributed by atoms with van der Waals surface area (Å²) in [6, 6.07) is 12.3. The molecule has 2 fully saturated rings. The number of hydrogen-bond donors (Lipinski definition) is 4. The number of hydrogen-bond acceptors (Lipinski definition) is 6. The van der Waals surface area contributed by atoms with E-state index in [0.717, 1.165) is 11.3 Å². The number of aliphatic hydroxyl groups excluding tert-OH is 1. The Labute approximate surface area is 196 Å². The molecule has 0 aromatic heterocycles. The van der Waals surface area contributed by atoms with Gasteiger partial charge in [0.05, 0.1) is 25.7 Å². The summed E-state index contributed by atoms with van der Waals surface area (Å²) in [5, 5.41) is 18.6. The normalized spacial score (nSPS) is 25.4. The van der Waals surface area contributed by atoms with Gasteiger partial charge in [-0.2, -0.15) is 0 Å². The Balaban J connectivity index is 1.17. The number of urea groups is 1. The second-order valence-electron chi connectivity index (χ2n) is 8.33. The molecule has 0 radical (unpaired) electrons. The average Bonchev–Trinajstić information content (AvgIpc) is 3.36. The number of halogens is 1. The molecule has 0 unspecified atom stereocenters. The first-order valence-electron chi connectivity index (χ1n) is 11.1. The Morgan fingerprint density at radius 1 is 1.09 bits per heavy atom. The molecule has 2 saturated heterocycles. The highest BCUT2D eigenvalue weighted by Crippen LogP contribution is 2.35. The van der Waals surface area contributed by atoms with Crippen molar-refractivity contribution in [2.45, 2.75) is 49.9 Å². The number of amides is 3. The van der Waals surface area contributed by atoms with Crippen LogP contribution in [0.1, 0.15) is 18.4 Å². The zero-order chi connectivity index (χ0) is 24.1. The molecule has 10 heteroatoms. The summed E-state index contributed by atoms with van der Waals surface area (Å²) in [4.78, 5) is 24.4. The van der Waals surface area contributed by atoms with E-state index in [0.29, 0.717) is 18.7 Å². The van der Waals surface area contributed by atoms with Gasteiger partial charge in [0.2, 0.25) is 5.91 Å². The van der Waals surface area contributed by atoms with Gasteiger partial charge >= 0.3 is 6.03 Å². The maximum Gasteiger partial charge on any atom is 0.319 e. The number of rotatable bonds is 8. The van der Waals surface area contributed by atoms with Gasteiger partial charge in [-0.3, -0.25) is 4.79 Å². The van der Waals surface area contributed by atoms with Crippen LogP contribution in [0.15, 0.2) is 48.5 Å². The summed E-state index contributed by atoms with van der Waals surface area (Å²) in [5.41, 5.74) is 1.40. The van der Waals surface area contributed by atoms with Crippen molar-refractivity contribution in [1.29, 1.82) is 0 Å². The number of fused-ring (bicyclic) bond motifs is 1. The molecule has 0 bridgehead atoms. The van der Waals surface area contributed by atoms with E-state index in [1.165, 1.54) is 24.3 Å². The van der Waals surface area contributed by atoms with Crippen molar-refractivity contribution in [3.05, 3.63) is 59.9 Å². The van der Waals surface area contributed by atoms with Crippen molar-refractivity contribution >= 4 is 17.6 Å². The number of nitrogens with one attached hydrogen (secondary N) is 3. The van der Waals surface area contributed by atoms with Crippen molar-refractivity contribution in [3.63, 3.8) is 0 Å². The fourth-order valence-corrected chi connectivity index (χ4v) is 4.13. The van der Waals surface area contributed by atoms with Crippen LogP contribution in [0.3, 0.4) is 0 Å². The molecule has 2 aliphatic heterocycles. The molecule has 2 aromatic rings. The Kier molecular flexibility index (Phi) is 7.61. The third-order valence-corrected chi connectivity index (χ3v) is 5.91. The summed E-state index contributed by atoms with van der Waals surface area (Å²) in [6.45, 7) is 0.479. The van der Waals surface area contributed by atoms with Crippen LogP contribution in [-0.2, 0) is 20.8 Å². The van der Waals surface area contributed by atoms with E-state index in [4.69, 9.17) is 14.2 Å². The first-order valence-corrected chi connectivity index (χ1v) is 11.1. The number of anilines is 1. The van der Waals surface area contributed by atoms with E-state index in [2.05, 4.69) is 16.0 Å². The van der Waals surface area contributed by atoms with Gasteiger partial charge in [0.1, 0.15) is 29.9 Å². The van der Waals surface area contributed by atoms with E-state index < -0.39 is 30.2 Å². The summed E-state index contributed by atoms with van der Waals surface area (Å²) in [6.07, 6.45) is -2.15. The lowest BCUT2D eigenvalue weighted by Gasteiger charge is -2.20. The van der Waals surface area contributed by atoms with Gasteiger partial charge in [0.25, 0.3) is 0 Å². The van der Waals surface area contributed by atoms with Crippen molar-refractivity contribution in [2.75, 3.05) is 19.0 Å². The minimum atomic E-state index is -0.927. The van der Waals surface area contributed by atoms with E-state index in [1.807, 2.05) is 24.3 Å². The SMILES string of the molecule is COc1ccc(CNC(=O)C[C@@H]2C[C@H]3O[C@H](CNC(=O)Nc4ccc(F)cc4)[C@@H](O)[C@H]3O2)cc1. The highest BCUT2D eigenvalue weighted by Gasteiger charge is 2.50. The minimum Gasteiger partial charge on any atom is -0.497 e. The molecule has 4 rings (SSSR count).